The highest BCUT2D eigenvalue weighted by molar-refractivity contribution is 7.89. The predicted octanol–water partition coefficient (Wildman–Crippen LogP) is 1.68. The lowest BCUT2D eigenvalue weighted by molar-refractivity contribution is -0.140. The van der Waals surface area contributed by atoms with Crippen molar-refractivity contribution in [1.29, 1.82) is 0 Å². The zero-order chi connectivity index (χ0) is 20.8. The topological polar surface area (TPSA) is 121 Å². The Hall–Kier alpha value is -2.61. The third-order valence-corrected chi connectivity index (χ3v) is 5.55. The van der Waals surface area contributed by atoms with Gasteiger partial charge in [-0.3, -0.25) is 4.98 Å². The maximum Gasteiger partial charge on any atom is 0.417 e. The van der Waals surface area contributed by atoms with E-state index in [1.165, 1.54) is 6.07 Å². The summed E-state index contributed by atoms with van der Waals surface area (Å²) in [6.45, 7) is 0. The predicted molar refractivity (Wildman–Crippen MR) is 98.8 cm³/mol. The van der Waals surface area contributed by atoms with Crippen LogP contribution in [-0.2, 0) is 16.2 Å². The van der Waals surface area contributed by atoms with Gasteiger partial charge < -0.3 is 0 Å². The molecule has 0 aliphatic carbocycles. The molecule has 0 amide bonds. The van der Waals surface area contributed by atoms with Gasteiger partial charge in [-0.15, -0.1) is 0 Å². The van der Waals surface area contributed by atoms with Crippen LogP contribution in [0.15, 0.2) is 53.7 Å². The van der Waals surface area contributed by atoms with Crippen LogP contribution in [0.3, 0.4) is 0 Å². The molecule has 1 saturated heterocycles. The number of pyridine rings is 1. The van der Waals surface area contributed by atoms with E-state index in [1.54, 1.807) is 36.7 Å². The summed E-state index contributed by atoms with van der Waals surface area (Å²) in [6, 6.07) is 8.87. The minimum atomic E-state index is -4.92. The summed E-state index contributed by atoms with van der Waals surface area (Å²) in [6.07, 6.45) is -2.78. The second kappa shape index (κ2) is 7.02. The van der Waals surface area contributed by atoms with Crippen LogP contribution in [-0.4, -0.2) is 13.4 Å². The number of benzene rings is 2. The lowest BCUT2D eigenvalue weighted by atomic mass is 9.92. The average molecular weight is 424 g/mol. The van der Waals surface area contributed by atoms with E-state index in [9.17, 15) is 21.6 Å². The molecule has 0 radical (unpaired) electrons. The average Bonchev–Trinajstić information content (AvgIpc) is 3.19. The first kappa shape index (κ1) is 19.7. The van der Waals surface area contributed by atoms with Crippen molar-refractivity contribution in [2.75, 3.05) is 0 Å². The largest absolute Gasteiger partial charge is 0.417 e. The third-order valence-electron chi connectivity index (χ3n) is 4.54. The van der Waals surface area contributed by atoms with Gasteiger partial charge in [-0.25, -0.2) is 24.4 Å². The van der Waals surface area contributed by atoms with Crippen molar-refractivity contribution in [2.24, 2.45) is 5.14 Å². The summed E-state index contributed by atoms with van der Waals surface area (Å²) in [5.41, 5.74) is 9.58. The summed E-state index contributed by atoms with van der Waals surface area (Å²) in [7, 11) is -4.74. The molecule has 4 rings (SSSR count). The lowest BCUT2D eigenvalue weighted by Gasteiger charge is -2.23. The molecule has 8 nitrogen and oxygen atoms in total. The second-order valence-electron chi connectivity index (χ2n) is 6.32. The van der Waals surface area contributed by atoms with Crippen LogP contribution in [0.4, 0.5) is 13.2 Å². The molecule has 2 aromatic carbocycles. The maximum absolute atomic E-state index is 13.6. The number of halogens is 3. The van der Waals surface area contributed by atoms with E-state index in [0.29, 0.717) is 10.9 Å². The first-order chi connectivity index (χ1) is 13.7. The van der Waals surface area contributed by atoms with E-state index in [0.717, 1.165) is 11.5 Å². The van der Waals surface area contributed by atoms with Gasteiger partial charge in [0.1, 0.15) is 11.1 Å². The highest BCUT2D eigenvalue weighted by Gasteiger charge is 2.40. The van der Waals surface area contributed by atoms with Gasteiger partial charge in [0.2, 0.25) is 10.0 Å². The van der Waals surface area contributed by atoms with Crippen LogP contribution in [0.2, 0.25) is 0 Å². The summed E-state index contributed by atoms with van der Waals surface area (Å²) in [5.74, 6) is 0. The molecule has 0 atom stereocenters. The number of sulfonamides is 1. The monoisotopic (exact) mass is 424 g/mol. The molecule has 0 bridgehead atoms. The van der Waals surface area contributed by atoms with Crippen molar-refractivity contribution in [2.45, 2.75) is 17.2 Å². The molecular formula is C17H15F3N6O2S. The van der Waals surface area contributed by atoms with Gasteiger partial charge in [0.05, 0.1) is 5.56 Å². The molecule has 2 heterocycles. The van der Waals surface area contributed by atoms with Gasteiger partial charge in [0.25, 0.3) is 0 Å². The Morgan fingerprint density at radius 3 is 2.38 bits per heavy atom. The molecule has 29 heavy (non-hydrogen) atoms. The van der Waals surface area contributed by atoms with Crippen molar-refractivity contribution in [3.8, 4) is 11.1 Å². The number of hydrazine groups is 3. The molecule has 1 aromatic heterocycles. The van der Waals surface area contributed by atoms with Crippen molar-refractivity contribution in [1.82, 2.24) is 26.9 Å². The zero-order valence-electron chi connectivity index (χ0n) is 14.6. The fourth-order valence-corrected chi connectivity index (χ4v) is 4.43. The summed E-state index contributed by atoms with van der Waals surface area (Å²) in [5, 5.41) is 6.69. The molecule has 12 heteroatoms. The van der Waals surface area contributed by atoms with E-state index in [2.05, 4.69) is 26.9 Å². The summed E-state index contributed by atoms with van der Waals surface area (Å²) in [4.78, 5) is 3.05. The smallest absolute Gasteiger partial charge is 0.264 e. The normalized spacial score (nSPS) is 15.9. The fraction of sp³-hybridized carbons (Fsp3) is 0.118. The number of nitrogens with zero attached hydrogens (tertiary/aromatic N) is 1. The Balaban J connectivity index is 2.12. The van der Waals surface area contributed by atoms with Gasteiger partial charge in [0.15, 0.2) is 0 Å². The summed E-state index contributed by atoms with van der Waals surface area (Å²) < 4.78 is 65.5. The third kappa shape index (κ3) is 3.57. The highest BCUT2D eigenvalue weighted by atomic mass is 32.2. The van der Waals surface area contributed by atoms with Gasteiger partial charge in [-0.05, 0) is 28.6 Å². The molecule has 3 aromatic rings. The zero-order valence-corrected chi connectivity index (χ0v) is 15.4. The van der Waals surface area contributed by atoms with Crippen LogP contribution in [0.25, 0.3) is 21.9 Å². The Morgan fingerprint density at radius 1 is 1.00 bits per heavy atom. The molecule has 6 N–H and O–H groups in total. The molecule has 0 spiro atoms. The number of nitrogens with two attached hydrogens (primary N) is 1. The van der Waals surface area contributed by atoms with Gasteiger partial charge in [-0.2, -0.15) is 24.2 Å². The van der Waals surface area contributed by atoms with Crippen molar-refractivity contribution < 1.29 is 21.6 Å². The lowest BCUT2D eigenvalue weighted by Crippen LogP contribution is -2.33. The van der Waals surface area contributed by atoms with E-state index in [-0.39, 0.29) is 11.1 Å². The molecule has 1 aliphatic heterocycles. The Bertz CT molecular complexity index is 1190. The van der Waals surface area contributed by atoms with Gasteiger partial charge in [0, 0.05) is 23.3 Å². The van der Waals surface area contributed by atoms with Crippen LogP contribution < -0.4 is 27.1 Å². The van der Waals surface area contributed by atoms with E-state index >= 15 is 0 Å². The number of fused-ring (bicyclic) bond motifs is 1. The minimum Gasteiger partial charge on any atom is -0.264 e. The first-order valence-corrected chi connectivity index (χ1v) is 9.83. The quantitative estimate of drug-likeness (QED) is 0.434. The molecule has 152 valence electrons. The second-order valence-corrected chi connectivity index (χ2v) is 7.82. The Labute approximate surface area is 163 Å². The standard InChI is InChI=1S/C17H15F3N6O2S/c18-17(19,20)13-5-4-12(11-3-1-2-9-8-22-7-6-10(9)11)14(15(13)29(21,27)28)16-23-25-26-24-16/h1-8,16,23-26H,(H2,21,27,28). The molecular weight excluding hydrogens is 409 g/mol. The number of alkyl halides is 3. The number of primary sulfonamides is 1. The number of aromatic nitrogens is 1. The van der Waals surface area contributed by atoms with E-state index in [4.69, 9.17) is 5.14 Å². The van der Waals surface area contributed by atoms with Crippen LogP contribution in [0, 0.1) is 0 Å². The number of rotatable bonds is 3. The summed E-state index contributed by atoms with van der Waals surface area (Å²) >= 11 is 0. The Morgan fingerprint density at radius 2 is 1.72 bits per heavy atom. The van der Waals surface area contributed by atoms with Crippen molar-refractivity contribution >= 4 is 20.8 Å². The number of hydrogen-bond donors (Lipinski definition) is 5. The molecule has 1 aliphatic rings. The van der Waals surface area contributed by atoms with E-state index < -0.39 is 32.8 Å². The number of nitrogens with one attached hydrogen (secondary N) is 4. The Kier molecular flexibility index (Phi) is 4.77. The molecule has 0 unspecified atom stereocenters. The first-order valence-electron chi connectivity index (χ1n) is 8.29. The number of hydrogen-bond acceptors (Lipinski definition) is 7. The molecule has 0 saturated carbocycles. The van der Waals surface area contributed by atoms with Crippen molar-refractivity contribution in [3.63, 3.8) is 0 Å². The van der Waals surface area contributed by atoms with Crippen LogP contribution >= 0.6 is 0 Å². The van der Waals surface area contributed by atoms with E-state index in [1.807, 2.05) is 0 Å². The molecule has 1 fully saturated rings. The van der Waals surface area contributed by atoms with Crippen LogP contribution in [0.5, 0.6) is 0 Å². The highest BCUT2D eigenvalue weighted by Crippen LogP contribution is 2.42. The van der Waals surface area contributed by atoms with Crippen LogP contribution in [0.1, 0.15) is 17.3 Å². The SMILES string of the molecule is NS(=O)(=O)c1c(C(F)(F)F)ccc(-c2cccc3cnccc23)c1C1NNNN1. The van der Waals surface area contributed by atoms with Crippen molar-refractivity contribution in [3.05, 3.63) is 59.9 Å². The van der Waals surface area contributed by atoms with Gasteiger partial charge in [-0.1, -0.05) is 24.3 Å². The minimum absolute atomic E-state index is 0.163. The fourth-order valence-electron chi connectivity index (χ4n) is 3.41. The van der Waals surface area contributed by atoms with Gasteiger partial charge >= 0.3 is 6.18 Å². The maximum atomic E-state index is 13.6.